The standard InChI is InChI=1S/C21H38N5PS/c1-6-23-16-18-24(19-17-23)21(28)22-27(25(7-2)8-3,26(9-4)10-5)20-14-12-11-13-15-20/h11-15H,6-10,16-19H2,1-5H3/p+2. The zero-order valence-corrected chi connectivity index (χ0v) is 20.2. The summed E-state index contributed by atoms with van der Waals surface area (Å²) >= 11 is 6.01. The fraction of sp³-hybridized carbons (Fsp3) is 0.667. The molecule has 158 valence electrons. The minimum absolute atomic E-state index is 0.922. The zero-order valence-electron chi connectivity index (χ0n) is 18.4. The smallest absolute Gasteiger partial charge is 0.284 e. The lowest BCUT2D eigenvalue weighted by Gasteiger charge is -2.43. The van der Waals surface area contributed by atoms with E-state index in [1.165, 1.54) is 24.9 Å². The van der Waals surface area contributed by atoms with Crippen LogP contribution in [0.5, 0.6) is 0 Å². The maximum absolute atomic E-state index is 6.01. The summed E-state index contributed by atoms with van der Waals surface area (Å²) < 4.78 is 5.21. The molecule has 2 rings (SSSR count). The number of hydrogen-bond donors (Lipinski definition) is 2. The van der Waals surface area contributed by atoms with Gasteiger partial charge in [-0.15, -0.1) is 9.34 Å². The van der Waals surface area contributed by atoms with E-state index in [0.29, 0.717) is 0 Å². The number of thiocarbonyl (C=S) groups is 1. The van der Waals surface area contributed by atoms with Gasteiger partial charge in [0.25, 0.3) is 7.71 Å². The summed E-state index contributed by atoms with van der Waals surface area (Å²) in [6, 6.07) is 11.0. The Morgan fingerprint density at radius 1 is 0.964 bits per heavy atom. The van der Waals surface area contributed by atoms with Gasteiger partial charge in [-0.25, -0.2) is 0 Å². The first kappa shape index (κ1) is 23.5. The predicted octanol–water partition coefficient (Wildman–Crippen LogP) is 1.85. The summed E-state index contributed by atoms with van der Waals surface area (Å²) in [5.41, 5.74) is 0. The van der Waals surface area contributed by atoms with Gasteiger partial charge in [0.1, 0.15) is 0 Å². The largest absolute Gasteiger partial charge is 0.335 e. The topological polar surface area (TPSA) is 26.2 Å². The number of likely N-dealkylation sites (N-methyl/N-ethyl adjacent to an activating group) is 1. The predicted molar refractivity (Wildman–Crippen MR) is 127 cm³/mol. The summed E-state index contributed by atoms with van der Waals surface area (Å²) in [5, 5.41) is 6.25. The maximum atomic E-state index is 6.01. The van der Waals surface area contributed by atoms with E-state index in [1.54, 1.807) is 4.90 Å². The van der Waals surface area contributed by atoms with Crippen molar-refractivity contribution in [2.45, 2.75) is 34.6 Å². The summed E-state index contributed by atoms with van der Waals surface area (Å²) in [6.45, 7) is 20.9. The highest BCUT2D eigenvalue weighted by atomic mass is 32.1. The Kier molecular flexibility index (Phi) is 9.58. The monoisotopic (exact) mass is 425 g/mol. The van der Waals surface area contributed by atoms with Crippen LogP contribution in [0.2, 0.25) is 0 Å². The Bertz CT molecular complexity index is 572. The molecule has 1 aromatic carbocycles. The molecule has 0 unspecified atom stereocenters. The third-order valence-electron chi connectivity index (χ3n) is 5.90. The second-order valence-electron chi connectivity index (χ2n) is 7.22. The van der Waals surface area contributed by atoms with Crippen molar-refractivity contribution in [2.24, 2.45) is 0 Å². The molecule has 0 bridgehead atoms. The molecule has 0 atom stereocenters. The molecule has 7 heteroatoms. The quantitative estimate of drug-likeness (QED) is 0.465. The molecule has 0 saturated carbocycles. The molecular weight excluding hydrogens is 385 g/mol. The number of benzene rings is 1. The number of quaternary nitrogens is 1. The summed E-state index contributed by atoms with van der Waals surface area (Å²) in [5.74, 6) is 0. The first-order valence-corrected chi connectivity index (χ1v) is 13.0. The molecule has 0 radical (unpaired) electrons. The third kappa shape index (κ3) is 5.03. The second-order valence-corrected chi connectivity index (χ2v) is 10.7. The lowest BCUT2D eigenvalue weighted by molar-refractivity contribution is -0.902. The molecule has 1 saturated heterocycles. The number of nitrogens with one attached hydrogen (secondary N) is 2. The first-order valence-electron chi connectivity index (χ1n) is 10.9. The molecule has 1 aromatic rings. The van der Waals surface area contributed by atoms with Gasteiger partial charge in [0.2, 0.25) is 5.11 Å². The molecule has 0 amide bonds. The van der Waals surface area contributed by atoms with Gasteiger partial charge in [0.15, 0.2) is 5.30 Å². The van der Waals surface area contributed by atoms with Gasteiger partial charge in [0.05, 0.1) is 32.7 Å². The van der Waals surface area contributed by atoms with Crippen LogP contribution in [-0.2, 0) is 0 Å². The third-order valence-corrected chi connectivity index (χ3v) is 10.7. The molecule has 1 fully saturated rings. The van der Waals surface area contributed by atoms with Crippen LogP contribution in [0.3, 0.4) is 0 Å². The van der Waals surface area contributed by atoms with E-state index in [-0.39, 0.29) is 0 Å². The van der Waals surface area contributed by atoms with Gasteiger partial charge >= 0.3 is 0 Å². The summed E-state index contributed by atoms with van der Waals surface area (Å²) in [4.78, 5) is 4.06. The molecule has 1 aliphatic heterocycles. The fourth-order valence-electron chi connectivity index (χ4n) is 4.20. The van der Waals surface area contributed by atoms with E-state index in [1.807, 2.05) is 0 Å². The van der Waals surface area contributed by atoms with Crippen LogP contribution in [0.4, 0.5) is 0 Å². The van der Waals surface area contributed by atoms with Gasteiger partial charge in [-0.2, -0.15) is 5.09 Å². The minimum atomic E-state index is -1.99. The highest BCUT2D eigenvalue weighted by Gasteiger charge is 2.53. The second kappa shape index (κ2) is 11.4. The number of nitrogens with zero attached hydrogens (tertiary/aromatic N) is 3. The Morgan fingerprint density at radius 2 is 1.46 bits per heavy atom. The molecule has 1 aliphatic rings. The molecular formula is C21H40N5PS+2. The number of piperazine rings is 1. The Hall–Kier alpha value is -0.780. The van der Waals surface area contributed by atoms with Crippen molar-refractivity contribution < 1.29 is 4.90 Å². The molecule has 1 heterocycles. The average Bonchev–Trinajstić information content (AvgIpc) is 2.75. The van der Waals surface area contributed by atoms with Crippen molar-refractivity contribution in [1.82, 2.24) is 19.3 Å². The van der Waals surface area contributed by atoms with E-state index >= 15 is 0 Å². The maximum Gasteiger partial charge on any atom is 0.284 e. The highest BCUT2D eigenvalue weighted by molar-refractivity contribution is 7.83. The van der Waals surface area contributed by atoms with Crippen molar-refractivity contribution in [3.8, 4) is 0 Å². The molecule has 28 heavy (non-hydrogen) atoms. The van der Waals surface area contributed by atoms with Crippen molar-refractivity contribution >= 4 is 30.3 Å². The zero-order chi connectivity index (χ0) is 20.6. The Morgan fingerprint density at radius 3 is 1.89 bits per heavy atom. The SMILES string of the molecule is CCN(CC)[P+](NC(=S)N1CC[NH+](CC)CC1)(c1ccccc1)N(CC)CC. The van der Waals surface area contributed by atoms with Crippen LogP contribution in [0.25, 0.3) is 0 Å². The van der Waals surface area contributed by atoms with E-state index < -0.39 is 7.71 Å². The number of hydrogen-bond acceptors (Lipinski definition) is 3. The van der Waals surface area contributed by atoms with Gasteiger partial charge in [0, 0.05) is 26.2 Å². The normalized spacial score (nSPS) is 16.0. The molecule has 0 aromatic heterocycles. The Labute approximate surface area is 178 Å². The van der Waals surface area contributed by atoms with Crippen LogP contribution >= 0.6 is 19.9 Å². The molecule has 2 N–H and O–H groups in total. The minimum Gasteiger partial charge on any atom is -0.335 e. The lowest BCUT2D eigenvalue weighted by atomic mass is 10.3. The summed E-state index contributed by atoms with van der Waals surface area (Å²) in [7, 11) is -1.99. The van der Waals surface area contributed by atoms with Crippen LogP contribution < -0.4 is 15.3 Å². The fourth-order valence-corrected chi connectivity index (χ4v) is 8.82. The van der Waals surface area contributed by atoms with Crippen molar-refractivity contribution in [3.63, 3.8) is 0 Å². The van der Waals surface area contributed by atoms with Crippen molar-refractivity contribution in [1.29, 1.82) is 0 Å². The van der Waals surface area contributed by atoms with Crippen LogP contribution in [0.15, 0.2) is 30.3 Å². The first-order chi connectivity index (χ1) is 13.6. The van der Waals surface area contributed by atoms with Gasteiger partial charge in [-0.3, -0.25) is 0 Å². The van der Waals surface area contributed by atoms with Crippen molar-refractivity contribution in [2.75, 3.05) is 58.9 Å². The molecule has 0 aliphatic carbocycles. The van der Waals surface area contributed by atoms with Crippen molar-refractivity contribution in [3.05, 3.63) is 30.3 Å². The van der Waals surface area contributed by atoms with E-state index in [9.17, 15) is 0 Å². The van der Waals surface area contributed by atoms with Crippen LogP contribution in [0.1, 0.15) is 34.6 Å². The van der Waals surface area contributed by atoms with Gasteiger partial charge < -0.3 is 9.80 Å². The highest BCUT2D eigenvalue weighted by Crippen LogP contribution is 2.59. The number of rotatable bonds is 9. The van der Waals surface area contributed by atoms with Crippen LogP contribution in [-0.4, -0.2) is 78.3 Å². The van der Waals surface area contributed by atoms with Crippen LogP contribution in [0, 0.1) is 0 Å². The van der Waals surface area contributed by atoms with E-state index in [4.69, 9.17) is 12.2 Å². The summed E-state index contributed by atoms with van der Waals surface area (Å²) in [6.07, 6.45) is 0. The average molecular weight is 426 g/mol. The van der Waals surface area contributed by atoms with Gasteiger partial charge in [-0.1, -0.05) is 18.2 Å². The lowest BCUT2D eigenvalue weighted by Crippen LogP contribution is -3.14. The Balaban J connectivity index is 2.40. The van der Waals surface area contributed by atoms with E-state index in [2.05, 4.69) is 84.3 Å². The van der Waals surface area contributed by atoms with Gasteiger partial charge in [-0.05, 0) is 59.0 Å². The molecule has 0 spiro atoms. The molecule has 5 nitrogen and oxygen atoms in total. The van der Waals surface area contributed by atoms with E-state index in [0.717, 1.165) is 44.4 Å².